The molecule has 24 heavy (non-hydrogen) atoms. The molecule has 6 heteroatoms. The number of carbonyl (C=O) groups excluding carboxylic acids is 2. The monoisotopic (exact) mass is 346 g/mol. The van der Waals surface area contributed by atoms with Crippen LogP contribution in [-0.4, -0.2) is 18.4 Å². The second-order valence-corrected chi connectivity index (χ2v) is 5.75. The van der Waals surface area contributed by atoms with Crippen molar-refractivity contribution in [2.75, 3.05) is 11.9 Å². The molecule has 0 aliphatic rings. The van der Waals surface area contributed by atoms with Crippen molar-refractivity contribution in [1.29, 1.82) is 0 Å². The van der Waals surface area contributed by atoms with Gasteiger partial charge >= 0.3 is 0 Å². The van der Waals surface area contributed by atoms with E-state index in [1.807, 2.05) is 19.1 Å². The van der Waals surface area contributed by atoms with E-state index < -0.39 is 0 Å². The smallest absolute Gasteiger partial charge is 0.258 e. The summed E-state index contributed by atoms with van der Waals surface area (Å²) in [5.41, 5.74) is 1.44. The van der Waals surface area contributed by atoms with Gasteiger partial charge in [0.15, 0.2) is 6.61 Å². The average molecular weight is 347 g/mol. The van der Waals surface area contributed by atoms with Crippen molar-refractivity contribution in [3.63, 3.8) is 0 Å². The molecule has 5 nitrogen and oxygen atoms in total. The van der Waals surface area contributed by atoms with Crippen LogP contribution in [0.1, 0.15) is 25.5 Å². The molecule has 2 amide bonds. The first-order chi connectivity index (χ1) is 11.5. The van der Waals surface area contributed by atoms with Gasteiger partial charge in [0, 0.05) is 11.9 Å². The van der Waals surface area contributed by atoms with Crippen LogP contribution < -0.4 is 15.4 Å². The van der Waals surface area contributed by atoms with Crippen molar-refractivity contribution in [2.45, 2.75) is 19.9 Å². The topological polar surface area (TPSA) is 67.4 Å². The zero-order valence-electron chi connectivity index (χ0n) is 13.5. The molecule has 0 aliphatic carbocycles. The first kappa shape index (κ1) is 17.8. The van der Waals surface area contributed by atoms with Crippen LogP contribution in [0.25, 0.3) is 0 Å². The number of nitrogens with one attached hydrogen (secondary N) is 2. The summed E-state index contributed by atoms with van der Waals surface area (Å²) in [4.78, 5) is 23.2. The van der Waals surface area contributed by atoms with Crippen LogP contribution in [0, 0.1) is 0 Å². The minimum atomic E-state index is -0.264. The highest BCUT2D eigenvalue weighted by molar-refractivity contribution is 6.30. The van der Waals surface area contributed by atoms with Gasteiger partial charge in [-0.2, -0.15) is 0 Å². The van der Waals surface area contributed by atoms with Gasteiger partial charge in [-0.15, -0.1) is 0 Å². The highest BCUT2D eigenvalue weighted by Crippen LogP contribution is 2.23. The van der Waals surface area contributed by atoms with Crippen molar-refractivity contribution in [1.82, 2.24) is 5.32 Å². The molecule has 0 aromatic heterocycles. The lowest BCUT2D eigenvalue weighted by atomic mass is 10.1. The lowest BCUT2D eigenvalue weighted by molar-refractivity contribution is -0.123. The van der Waals surface area contributed by atoms with Gasteiger partial charge in [0.05, 0.1) is 11.7 Å². The lowest BCUT2D eigenvalue weighted by Crippen LogP contribution is -2.31. The van der Waals surface area contributed by atoms with Gasteiger partial charge in [0.25, 0.3) is 5.91 Å². The molecule has 2 aromatic rings. The van der Waals surface area contributed by atoms with Crippen LogP contribution in [0.15, 0.2) is 48.5 Å². The Morgan fingerprint density at radius 2 is 1.92 bits per heavy atom. The fourth-order valence-corrected chi connectivity index (χ4v) is 2.37. The Balaban J connectivity index is 1.93. The normalized spacial score (nSPS) is 11.5. The summed E-state index contributed by atoms with van der Waals surface area (Å²) < 4.78 is 5.51. The molecule has 0 bridgehead atoms. The highest BCUT2D eigenvalue weighted by Gasteiger charge is 2.12. The SMILES string of the molecule is CC(=O)Nc1ccccc1OCC(=O)N[C@H](C)c1cccc(Cl)c1. The summed E-state index contributed by atoms with van der Waals surface area (Å²) in [6.45, 7) is 3.13. The number of benzene rings is 2. The summed E-state index contributed by atoms with van der Waals surface area (Å²) in [5.74, 6) is -0.0246. The third-order valence-electron chi connectivity index (χ3n) is 3.28. The van der Waals surface area contributed by atoms with Crippen molar-refractivity contribution in [2.24, 2.45) is 0 Å². The average Bonchev–Trinajstić information content (AvgIpc) is 2.53. The lowest BCUT2D eigenvalue weighted by Gasteiger charge is -2.16. The van der Waals surface area contributed by atoms with Gasteiger partial charge < -0.3 is 15.4 Å². The molecule has 0 saturated heterocycles. The molecule has 126 valence electrons. The number of amides is 2. The quantitative estimate of drug-likeness (QED) is 0.840. The molecule has 2 rings (SSSR count). The standard InChI is InChI=1S/C18H19ClN2O3/c1-12(14-6-5-7-15(19)10-14)20-18(23)11-24-17-9-4-3-8-16(17)21-13(2)22/h3-10,12H,11H2,1-2H3,(H,20,23)(H,21,22)/t12-/m1/s1. The Hall–Kier alpha value is -2.53. The van der Waals surface area contributed by atoms with Crippen LogP contribution in [0.4, 0.5) is 5.69 Å². The largest absolute Gasteiger partial charge is 0.482 e. The van der Waals surface area contributed by atoms with E-state index in [1.54, 1.807) is 36.4 Å². The maximum atomic E-state index is 12.1. The molecule has 0 unspecified atom stereocenters. The third kappa shape index (κ3) is 5.28. The summed E-state index contributed by atoms with van der Waals surface area (Å²) >= 11 is 5.95. The maximum absolute atomic E-state index is 12.1. The minimum Gasteiger partial charge on any atom is -0.482 e. The molecule has 0 spiro atoms. The third-order valence-corrected chi connectivity index (χ3v) is 3.52. The number of anilines is 1. The van der Waals surface area contributed by atoms with Gasteiger partial charge in [-0.05, 0) is 36.8 Å². The second-order valence-electron chi connectivity index (χ2n) is 5.31. The molecular weight excluding hydrogens is 328 g/mol. The van der Waals surface area contributed by atoms with E-state index in [1.165, 1.54) is 6.92 Å². The van der Waals surface area contributed by atoms with Gasteiger partial charge in [-0.3, -0.25) is 9.59 Å². The zero-order valence-corrected chi connectivity index (χ0v) is 14.3. The number of para-hydroxylation sites is 2. The Bertz CT molecular complexity index is 734. The Labute approximate surface area is 146 Å². The molecule has 0 fully saturated rings. The molecule has 0 radical (unpaired) electrons. The Kier molecular flexibility index (Phi) is 6.21. The number of halogens is 1. The van der Waals surface area contributed by atoms with Crippen molar-refractivity contribution >= 4 is 29.1 Å². The molecule has 0 saturated carbocycles. The molecule has 2 aromatic carbocycles. The predicted molar refractivity (Wildman–Crippen MR) is 94.3 cm³/mol. The fraction of sp³-hybridized carbons (Fsp3) is 0.222. The number of hydrogen-bond donors (Lipinski definition) is 2. The van der Waals surface area contributed by atoms with Gasteiger partial charge in [-0.25, -0.2) is 0 Å². The number of hydrogen-bond acceptors (Lipinski definition) is 3. The predicted octanol–water partition coefficient (Wildman–Crippen LogP) is 3.55. The van der Waals surface area contributed by atoms with Gasteiger partial charge in [-0.1, -0.05) is 35.9 Å². The van der Waals surface area contributed by atoms with Gasteiger partial charge in [0.1, 0.15) is 5.75 Å². The summed E-state index contributed by atoms with van der Waals surface area (Å²) in [6.07, 6.45) is 0. The number of ether oxygens (including phenoxy) is 1. The first-order valence-corrected chi connectivity index (χ1v) is 7.87. The Morgan fingerprint density at radius 1 is 1.17 bits per heavy atom. The van der Waals surface area contributed by atoms with Crippen molar-refractivity contribution in [3.05, 3.63) is 59.1 Å². The van der Waals surface area contributed by atoms with E-state index in [-0.39, 0.29) is 24.5 Å². The summed E-state index contributed by atoms with van der Waals surface area (Å²) in [7, 11) is 0. The van der Waals surface area contributed by atoms with Crippen LogP contribution in [-0.2, 0) is 9.59 Å². The van der Waals surface area contributed by atoms with Crippen molar-refractivity contribution in [3.8, 4) is 5.75 Å². The van der Waals surface area contributed by atoms with Crippen LogP contribution in [0.5, 0.6) is 5.75 Å². The minimum absolute atomic E-state index is 0.151. The first-order valence-electron chi connectivity index (χ1n) is 7.50. The van der Waals surface area contributed by atoms with Crippen LogP contribution in [0.2, 0.25) is 5.02 Å². The number of carbonyl (C=O) groups is 2. The van der Waals surface area contributed by atoms with E-state index in [4.69, 9.17) is 16.3 Å². The zero-order chi connectivity index (χ0) is 17.5. The van der Waals surface area contributed by atoms with Gasteiger partial charge in [0.2, 0.25) is 5.91 Å². The molecular formula is C18H19ClN2O3. The summed E-state index contributed by atoms with van der Waals surface area (Å²) in [5, 5.41) is 6.12. The van der Waals surface area contributed by atoms with Crippen LogP contribution in [0.3, 0.4) is 0 Å². The molecule has 0 heterocycles. The van der Waals surface area contributed by atoms with E-state index in [0.29, 0.717) is 16.5 Å². The fourth-order valence-electron chi connectivity index (χ4n) is 2.17. The molecule has 2 N–H and O–H groups in total. The molecule has 0 aliphatic heterocycles. The Morgan fingerprint density at radius 3 is 2.62 bits per heavy atom. The van der Waals surface area contributed by atoms with E-state index in [2.05, 4.69) is 10.6 Å². The van der Waals surface area contributed by atoms with E-state index in [0.717, 1.165) is 5.56 Å². The molecule has 1 atom stereocenters. The number of rotatable bonds is 6. The van der Waals surface area contributed by atoms with Crippen molar-refractivity contribution < 1.29 is 14.3 Å². The van der Waals surface area contributed by atoms with Crippen LogP contribution >= 0.6 is 11.6 Å². The second kappa shape index (κ2) is 8.36. The highest BCUT2D eigenvalue weighted by atomic mass is 35.5. The van der Waals surface area contributed by atoms with E-state index >= 15 is 0 Å². The maximum Gasteiger partial charge on any atom is 0.258 e. The summed E-state index contributed by atoms with van der Waals surface area (Å²) in [6, 6.07) is 14.1. The van der Waals surface area contributed by atoms with E-state index in [9.17, 15) is 9.59 Å².